The Bertz CT molecular complexity index is 603. The van der Waals surface area contributed by atoms with Gasteiger partial charge in [-0.25, -0.2) is 0 Å². The van der Waals surface area contributed by atoms with Gasteiger partial charge in [-0.1, -0.05) is 17.8 Å². The minimum atomic E-state index is -0.0534. The van der Waals surface area contributed by atoms with Crippen LogP contribution in [0.5, 0.6) is 5.75 Å². The zero-order chi connectivity index (χ0) is 13.7. The number of aliphatic hydroxyl groups excluding tert-OH is 1. The van der Waals surface area contributed by atoms with Crippen molar-refractivity contribution in [1.29, 1.82) is 5.26 Å². The van der Waals surface area contributed by atoms with Crippen molar-refractivity contribution in [2.24, 2.45) is 0 Å². The Kier molecular flexibility index (Phi) is 4.45. The van der Waals surface area contributed by atoms with Gasteiger partial charge >= 0.3 is 0 Å². The number of hydrogen-bond donors (Lipinski definition) is 1. The first-order chi connectivity index (χ1) is 9.26. The standard InChI is InChI=1S/C15H13NO2S/c1-18-13-3-5-14(6-4-13)19-15-7-2-11(10-17)8-12(15)9-16/h2-8,17H,10H2,1H3. The van der Waals surface area contributed by atoms with Crippen molar-refractivity contribution in [3.8, 4) is 11.8 Å². The van der Waals surface area contributed by atoms with Crippen LogP contribution in [0.3, 0.4) is 0 Å². The molecule has 0 heterocycles. The Hall–Kier alpha value is -1.96. The molecule has 0 saturated heterocycles. The minimum Gasteiger partial charge on any atom is -0.497 e. The summed E-state index contributed by atoms with van der Waals surface area (Å²) in [4.78, 5) is 1.92. The highest BCUT2D eigenvalue weighted by molar-refractivity contribution is 7.99. The average molecular weight is 271 g/mol. The molecule has 0 radical (unpaired) electrons. The maximum atomic E-state index is 9.13. The number of nitriles is 1. The molecule has 0 unspecified atom stereocenters. The molecule has 0 aliphatic heterocycles. The van der Waals surface area contributed by atoms with E-state index in [1.165, 1.54) is 11.8 Å². The van der Waals surface area contributed by atoms with Crippen molar-refractivity contribution in [2.75, 3.05) is 7.11 Å². The fraction of sp³-hybridized carbons (Fsp3) is 0.133. The molecular formula is C15H13NO2S. The molecule has 1 N–H and O–H groups in total. The predicted molar refractivity (Wildman–Crippen MR) is 74.2 cm³/mol. The van der Waals surface area contributed by atoms with Crippen molar-refractivity contribution in [3.05, 3.63) is 53.6 Å². The molecule has 0 spiro atoms. The van der Waals surface area contributed by atoms with E-state index in [0.717, 1.165) is 21.1 Å². The number of aliphatic hydroxyl groups is 1. The number of rotatable bonds is 4. The number of nitrogens with zero attached hydrogens (tertiary/aromatic N) is 1. The van der Waals surface area contributed by atoms with Gasteiger partial charge in [-0.3, -0.25) is 0 Å². The van der Waals surface area contributed by atoms with E-state index in [0.29, 0.717) is 5.56 Å². The first kappa shape index (κ1) is 13.5. The lowest BCUT2D eigenvalue weighted by molar-refractivity contribution is 0.281. The molecular weight excluding hydrogens is 258 g/mol. The maximum Gasteiger partial charge on any atom is 0.118 e. The Morgan fingerprint density at radius 2 is 1.95 bits per heavy atom. The van der Waals surface area contributed by atoms with Crippen LogP contribution in [0.1, 0.15) is 11.1 Å². The molecule has 0 fully saturated rings. The van der Waals surface area contributed by atoms with Crippen molar-refractivity contribution in [3.63, 3.8) is 0 Å². The largest absolute Gasteiger partial charge is 0.497 e. The fourth-order valence-corrected chi connectivity index (χ4v) is 2.50. The number of methoxy groups -OCH3 is 1. The van der Waals surface area contributed by atoms with E-state index in [2.05, 4.69) is 6.07 Å². The summed E-state index contributed by atoms with van der Waals surface area (Å²) in [6.07, 6.45) is 0. The second-order valence-corrected chi connectivity index (χ2v) is 4.99. The van der Waals surface area contributed by atoms with E-state index in [4.69, 9.17) is 15.1 Å². The molecule has 0 atom stereocenters. The van der Waals surface area contributed by atoms with Crippen LogP contribution in [0.15, 0.2) is 52.3 Å². The molecule has 2 aromatic carbocycles. The number of benzene rings is 2. The van der Waals surface area contributed by atoms with Crippen molar-refractivity contribution >= 4 is 11.8 Å². The third kappa shape index (κ3) is 3.28. The highest BCUT2D eigenvalue weighted by Crippen LogP contribution is 2.31. The van der Waals surface area contributed by atoms with Crippen LogP contribution in [0.2, 0.25) is 0 Å². The fourth-order valence-electron chi connectivity index (χ4n) is 1.62. The van der Waals surface area contributed by atoms with Crippen LogP contribution in [0.4, 0.5) is 0 Å². The quantitative estimate of drug-likeness (QED) is 0.927. The van der Waals surface area contributed by atoms with E-state index in [1.54, 1.807) is 13.2 Å². The Labute approximate surface area is 116 Å². The highest BCUT2D eigenvalue weighted by Gasteiger charge is 2.05. The highest BCUT2D eigenvalue weighted by atomic mass is 32.2. The summed E-state index contributed by atoms with van der Waals surface area (Å²) in [5.74, 6) is 0.806. The molecule has 0 amide bonds. The smallest absolute Gasteiger partial charge is 0.118 e. The Balaban J connectivity index is 2.25. The molecule has 96 valence electrons. The number of ether oxygens (including phenoxy) is 1. The van der Waals surface area contributed by atoms with Gasteiger partial charge in [0.25, 0.3) is 0 Å². The second kappa shape index (κ2) is 6.28. The molecule has 0 aromatic heterocycles. The normalized spacial score (nSPS) is 9.95. The first-order valence-corrected chi connectivity index (χ1v) is 6.54. The van der Waals surface area contributed by atoms with Gasteiger partial charge in [0.05, 0.1) is 19.3 Å². The zero-order valence-corrected chi connectivity index (χ0v) is 11.3. The van der Waals surface area contributed by atoms with E-state index in [-0.39, 0.29) is 6.61 Å². The minimum absolute atomic E-state index is 0.0534. The summed E-state index contributed by atoms with van der Waals surface area (Å²) in [7, 11) is 1.63. The van der Waals surface area contributed by atoms with Gasteiger partial charge in [0, 0.05) is 9.79 Å². The van der Waals surface area contributed by atoms with Crippen LogP contribution in [0, 0.1) is 11.3 Å². The van der Waals surface area contributed by atoms with Gasteiger partial charge in [0.1, 0.15) is 11.8 Å². The topological polar surface area (TPSA) is 53.2 Å². The molecule has 19 heavy (non-hydrogen) atoms. The lowest BCUT2D eigenvalue weighted by Crippen LogP contribution is -1.88. The first-order valence-electron chi connectivity index (χ1n) is 5.72. The maximum absolute atomic E-state index is 9.13. The lowest BCUT2D eigenvalue weighted by Gasteiger charge is -2.06. The molecule has 2 aromatic rings. The third-order valence-corrected chi connectivity index (χ3v) is 3.72. The van der Waals surface area contributed by atoms with Gasteiger partial charge in [-0.15, -0.1) is 0 Å². The summed E-state index contributed by atoms with van der Waals surface area (Å²) in [6.45, 7) is -0.0534. The van der Waals surface area contributed by atoms with Crippen molar-refractivity contribution in [2.45, 2.75) is 16.4 Å². The lowest BCUT2D eigenvalue weighted by atomic mass is 10.1. The molecule has 0 saturated carbocycles. The van der Waals surface area contributed by atoms with Crippen molar-refractivity contribution < 1.29 is 9.84 Å². The van der Waals surface area contributed by atoms with Gasteiger partial charge < -0.3 is 9.84 Å². The van der Waals surface area contributed by atoms with Crippen LogP contribution in [-0.2, 0) is 6.61 Å². The van der Waals surface area contributed by atoms with E-state index >= 15 is 0 Å². The van der Waals surface area contributed by atoms with Gasteiger partial charge in [-0.2, -0.15) is 5.26 Å². The van der Waals surface area contributed by atoms with Gasteiger partial charge in [0.15, 0.2) is 0 Å². The van der Waals surface area contributed by atoms with Gasteiger partial charge in [-0.05, 0) is 42.0 Å². The zero-order valence-electron chi connectivity index (χ0n) is 10.5. The van der Waals surface area contributed by atoms with Crippen LogP contribution >= 0.6 is 11.8 Å². The summed E-state index contributed by atoms with van der Waals surface area (Å²) >= 11 is 1.52. The second-order valence-electron chi connectivity index (χ2n) is 3.88. The molecule has 0 aliphatic carbocycles. The summed E-state index contributed by atoms with van der Waals surface area (Å²) < 4.78 is 5.11. The van der Waals surface area contributed by atoms with E-state index in [9.17, 15) is 0 Å². The van der Waals surface area contributed by atoms with Crippen molar-refractivity contribution in [1.82, 2.24) is 0 Å². The molecule has 3 nitrogen and oxygen atoms in total. The molecule has 4 heteroatoms. The third-order valence-electron chi connectivity index (χ3n) is 2.63. The monoisotopic (exact) mass is 271 g/mol. The van der Waals surface area contributed by atoms with E-state index < -0.39 is 0 Å². The molecule has 0 bridgehead atoms. The van der Waals surface area contributed by atoms with Crippen LogP contribution < -0.4 is 4.74 Å². The summed E-state index contributed by atoms with van der Waals surface area (Å²) in [5.41, 5.74) is 1.32. The average Bonchev–Trinajstić information content (AvgIpc) is 2.48. The summed E-state index contributed by atoms with van der Waals surface area (Å²) in [6, 6.07) is 15.2. The predicted octanol–water partition coefficient (Wildman–Crippen LogP) is 3.21. The summed E-state index contributed by atoms with van der Waals surface area (Å²) in [5, 5.41) is 18.2. The van der Waals surface area contributed by atoms with E-state index in [1.807, 2.05) is 36.4 Å². The van der Waals surface area contributed by atoms with Crippen LogP contribution in [-0.4, -0.2) is 12.2 Å². The Morgan fingerprint density at radius 3 is 2.53 bits per heavy atom. The number of hydrogen-bond acceptors (Lipinski definition) is 4. The van der Waals surface area contributed by atoms with Crippen LogP contribution in [0.25, 0.3) is 0 Å². The van der Waals surface area contributed by atoms with Gasteiger partial charge in [0.2, 0.25) is 0 Å². The Morgan fingerprint density at radius 1 is 1.21 bits per heavy atom. The molecule has 2 rings (SSSR count). The SMILES string of the molecule is COc1ccc(Sc2ccc(CO)cc2C#N)cc1. The molecule has 0 aliphatic rings.